The Morgan fingerprint density at radius 1 is 0.595 bits per heavy atom. The molecule has 5 aromatic carbocycles. The Kier molecular flexibility index (Phi) is 5.00. The Bertz CT molecular complexity index is 2120. The molecule has 0 radical (unpaired) electrons. The van der Waals surface area contributed by atoms with Crippen LogP contribution in [0, 0.1) is 10.5 Å². The van der Waals surface area contributed by atoms with E-state index in [1.54, 1.807) is 12.1 Å². The van der Waals surface area contributed by atoms with E-state index in [1.165, 1.54) is 18.3 Å². The first-order valence-electron chi connectivity index (χ1n) is 12.0. The molecular weight excluding hydrogens is 591 g/mol. The standard InChI is InChI=1S/C31H21IN2O2S/c1-20-10-14-23(15-11-20)37(35,36)34-30-9-5-3-7-25(30)27-19-22(13-17-31(27)34)33-28-8-4-2-6-24(28)26-18-21(32)12-16-29(26)33/h2-19H,1H3. The summed E-state index contributed by atoms with van der Waals surface area (Å²) < 4.78 is 32.7. The molecule has 0 atom stereocenters. The van der Waals surface area contributed by atoms with Gasteiger partial charge < -0.3 is 4.57 Å². The average Bonchev–Trinajstić information content (AvgIpc) is 3.41. The number of nitrogens with zero attached hydrogens (tertiary/aromatic N) is 2. The molecule has 0 bridgehead atoms. The molecule has 0 saturated heterocycles. The van der Waals surface area contributed by atoms with Crippen LogP contribution in [0.3, 0.4) is 0 Å². The first-order valence-corrected chi connectivity index (χ1v) is 14.5. The fourth-order valence-corrected chi connectivity index (χ4v) is 7.38. The molecule has 0 spiro atoms. The summed E-state index contributed by atoms with van der Waals surface area (Å²) in [6.07, 6.45) is 0. The molecule has 0 unspecified atom stereocenters. The van der Waals surface area contributed by atoms with Gasteiger partial charge in [-0.25, -0.2) is 12.4 Å². The molecule has 2 heterocycles. The highest BCUT2D eigenvalue weighted by Crippen LogP contribution is 2.37. The second-order valence-electron chi connectivity index (χ2n) is 9.32. The molecule has 0 aliphatic carbocycles. The number of para-hydroxylation sites is 2. The van der Waals surface area contributed by atoms with Crippen LogP contribution in [0.2, 0.25) is 0 Å². The summed E-state index contributed by atoms with van der Waals surface area (Å²) in [5.74, 6) is 0. The summed E-state index contributed by atoms with van der Waals surface area (Å²) in [5.41, 5.74) is 5.60. The quantitative estimate of drug-likeness (QED) is 0.190. The van der Waals surface area contributed by atoms with Crippen LogP contribution >= 0.6 is 22.6 Å². The minimum absolute atomic E-state index is 0.279. The number of fused-ring (bicyclic) bond motifs is 6. The van der Waals surface area contributed by atoms with E-state index in [0.29, 0.717) is 11.0 Å². The number of benzene rings is 5. The predicted octanol–water partition coefficient (Wildman–Crippen LogP) is 8.04. The maximum Gasteiger partial charge on any atom is 0.268 e. The van der Waals surface area contributed by atoms with E-state index in [9.17, 15) is 8.42 Å². The van der Waals surface area contributed by atoms with Crippen LogP contribution in [0.1, 0.15) is 5.56 Å². The molecule has 2 aromatic heterocycles. The van der Waals surface area contributed by atoms with E-state index in [1.807, 2.05) is 55.5 Å². The predicted molar refractivity (Wildman–Crippen MR) is 160 cm³/mol. The van der Waals surface area contributed by atoms with Crippen molar-refractivity contribution in [1.82, 2.24) is 8.54 Å². The van der Waals surface area contributed by atoms with Crippen molar-refractivity contribution in [2.75, 3.05) is 0 Å². The van der Waals surface area contributed by atoms with E-state index in [-0.39, 0.29) is 4.90 Å². The lowest BCUT2D eigenvalue weighted by atomic mass is 10.1. The molecular formula is C31H21IN2O2S. The van der Waals surface area contributed by atoms with Gasteiger partial charge in [0.2, 0.25) is 0 Å². The van der Waals surface area contributed by atoms with Crippen molar-refractivity contribution in [3.63, 3.8) is 0 Å². The molecule has 0 aliphatic rings. The van der Waals surface area contributed by atoms with Crippen LogP contribution in [-0.2, 0) is 10.0 Å². The molecule has 0 N–H and O–H groups in total. The molecule has 0 fully saturated rings. The van der Waals surface area contributed by atoms with Gasteiger partial charge in [-0.05, 0) is 90.2 Å². The monoisotopic (exact) mass is 612 g/mol. The van der Waals surface area contributed by atoms with Crippen molar-refractivity contribution < 1.29 is 8.42 Å². The zero-order chi connectivity index (χ0) is 25.3. The number of halogens is 1. The highest BCUT2D eigenvalue weighted by Gasteiger charge is 2.24. The maximum atomic E-state index is 13.9. The lowest BCUT2D eigenvalue weighted by molar-refractivity contribution is 0.590. The largest absolute Gasteiger partial charge is 0.309 e. The molecule has 7 rings (SSSR count). The van der Waals surface area contributed by atoms with Crippen LogP contribution in [0.25, 0.3) is 49.3 Å². The second kappa shape index (κ2) is 8.19. The number of hydrogen-bond acceptors (Lipinski definition) is 2. The smallest absolute Gasteiger partial charge is 0.268 e. The Labute approximate surface area is 227 Å². The Morgan fingerprint density at radius 3 is 1.92 bits per heavy atom. The number of aryl methyl sites for hydroxylation is 1. The van der Waals surface area contributed by atoms with E-state index in [0.717, 1.165) is 33.1 Å². The van der Waals surface area contributed by atoms with Crippen LogP contribution in [-0.4, -0.2) is 17.0 Å². The highest BCUT2D eigenvalue weighted by atomic mass is 127. The summed E-state index contributed by atoms with van der Waals surface area (Å²) >= 11 is 2.35. The summed E-state index contributed by atoms with van der Waals surface area (Å²) in [5, 5.41) is 4.21. The third-order valence-electron chi connectivity index (χ3n) is 7.06. The van der Waals surface area contributed by atoms with Gasteiger partial charge in [0.15, 0.2) is 0 Å². The van der Waals surface area contributed by atoms with Crippen molar-refractivity contribution in [2.45, 2.75) is 11.8 Å². The van der Waals surface area contributed by atoms with Crippen molar-refractivity contribution in [1.29, 1.82) is 0 Å². The van der Waals surface area contributed by atoms with E-state index in [4.69, 9.17) is 0 Å². The highest BCUT2D eigenvalue weighted by molar-refractivity contribution is 14.1. The molecule has 4 nitrogen and oxygen atoms in total. The van der Waals surface area contributed by atoms with Gasteiger partial charge in [0.05, 0.1) is 27.0 Å². The van der Waals surface area contributed by atoms with Gasteiger partial charge in [-0.15, -0.1) is 0 Å². The van der Waals surface area contributed by atoms with Gasteiger partial charge in [-0.2, -0.15) is 0 Å². The summed E-state index contributed by atoms with van der Waals surface area (Å²) in [6, 6.07) is 35.7. The normalized spacial score (nSPS) is 12.3. The fraction of sp³-hybridized carbons (Fsp3) is 0.0323. The molecule has 7 aromatic rings. The van der Waals surface area contributed by atoms with Gasteiger partial charge in [-0.3, -0.25) is 0 Å². The Balaban J connectivity index is 1.55. The topological polar surface area (TPSA) is 44.0 Å². The zero-order valence-electron chi connectivity index (χ0n) is 19.9. The lowest BCUT2D eigenvalue weighted by Crippen LogP contribution is -2.12. The minimum atomic E-state index is -3.80. The first-order chi connectivity index (χ1) is 17.9. The summed E-state index contributed by atoms with van der Waals surface area (Å²) in [4.78, 5) is 0.279. The van der Waals surface area contributed by atoms with Crippen molar-refractivity contribution in [2.24, 2.45) is 0 Å². The van der Waals surface area contributed by atoms with Crippen LogP contribution in [0.15, 0.2) is 114 Å². The number of rotatable bonds is 3. The molecule has 0 saturated carbocycles. The molecule has 0 amide bonds. The number of aromatic nitrogens is 2. The Hall–Kier alpha value is -3.62. The minimum Gasteiger partial charge on any atom is -0.309 e. The van der Waals surface area contributed by atoms with Gasteiger partial charge in [-0.1, -0.05) is 54.1 Å². The van der Waals surface area contributed by atoms with Gasteiger partial charge >= 0.3 is 0 Å². The summed E-state index contributed by atoms with van der Waals surface area (Å²) in [6.45, 7) is 1.95. The van der Waals surface area contributed by atoms with E-state index < -0.39 is 10.0 Å². The van der Waals surface area contributed by atoms with Crippen LogP contribution in [0.5, 0.6) is 0 Å². The van der Waals surface area contributed by atoms with Gasteiger partial charge in [0.1, 0.15) is 0 Å². The average molecular weight is 612 g/mol. The summed E-state index contributed by atoms with van der Waals surface area (Å²) in [7, 11) is -3.80. The molecule has 180 valence electrons. The third kappa shape index (κ3) is 3.35. The SMILES string of the molecule is Cc1ccc(S(=O)(=O)n2c3ccccc3c3cc(-n4c5ccccc5c5cc(I)ccc54)ccc32)cc1. The molecule has 6 heteroatoms. The van der Waals surface area contributed by atoms with Crippen molar-refractivity contribution in [3.05, 3.63) is 118 Å². The van der Waals surface area contributed by atoms with Gasteiger partial charge in [0, 0.05) is 30.8 Å². The van der Waals surface area contributed by atoms with Crippen LogP contribution < -0.4 is 0 Å². The van der Waals surface area contributed by atoms with E-state index in [2.05, 4.69) is 75.7 Å². The van der Waals surface area contributed by atoms with E-state index >= 15 is 0 Å². The number of hydrogen-bond donors (Lipinski definition) is 0. The molecule has 37 heavy (non-hydrogen) atoms. The third-order valence-corrected chi connectivity index (χ3v) is 9.48. The van der Waals surface area contributed by atoms with Crippen molar-refractivity contribution >= 4 is 76.2 Å². The van der Waals surface area contributed by atoms with Crippen molar-refractivity contribution in [3.8, 4) is 5.69 Å². The Morgan fingerprint density at radius 2 is 1.16 bits per heavy atom. The second-order valence-corrected chi connectivity index (χ2v) is 12.3. The first kappa shape index (κ1) is 22.6. The lowest BCUT2D eigenvalue weighted by Gasteiger charge is -2.11. The zero-order valence-corrected chi connectivity index (χ0v) is 22.9. The molecule has 0 aliphatic heterocycles. The fourth-order valence-electron chi connectivity index (χ4n) is 5.36. The van der Waals surface area contributed by atoms with Crippen LogP contribution in [0.4, 0.5) is 0 Å². The maximum absolute atomic E-state index is 13.9. The van der Waals surface area contributed by atoms with Gasteiger partial charge in [0.25, 0.3) is 10.0 Å².